The Balaban J connectivity index is 1.31. The summed E-state index contributed by atoms with van der Waals surface area (Å²) < 4.78 is 0. The van der Waals surface area contributed by atoms with Gasteiger partial charge in [0.25, 0.3) is 11.6 Å². The summed E-state index contributed by atoms with van der Waals surface area (Å²) in [6, 6.07) is 11.9. The standard InChI is InChI=1S/C24H27ClN6O3/c1-30(2)22-19-5-3-4-6-21(19)28-24(29-22)26-14-15-7-9-16(10-8-15)27-23(32)18-12-11-17(31(33)34)13-20(18)25/h3-6,11-13,15-16H,7-10,14H2,1-2H3,(H,27,32)(H,26,28,29). The van der Waals surface area contributed by atoms with Crippen molar-refractivity contribution in [1.29, 1.82) is 0 Å². The molecule has 0 spiro atoms. The van der Waals surface area contributed by atoms with Gasteiger partial charge in [-0.1, -0.05) is 23.7 Å². The van der Waals surface area contributed by atoms with Gasteiger partial charge in [0, 0.05) is 44.2 Å². The molecular weight excluding hydrogens is 456 g/mol. The number of anilines is 2. The number of nitrogens with one attached hydrogen (secondary N) is 2. The Morgan fingerprint density at radius 3 is 2.56 bits per heavy atom. The number of nitrogens with zero attached hydrogens (tertiary/aromatic N) is 4. The summed E-state index contributed by atoms with van der Waals surface area (Å²) in [6.45, 7) is 0.764. The first kappa shape index (κ1) is 23.7. The molecule has 1 amide bonds. The summed E-state index contributed by atoms with van der Waals surface area (Å²) in [7, 11) is 3.94. The predicted octanol–water partition coefficient (Wildman–Crippen LogP) is 4.66. The van der Waals surface area contributed by atoms with Crippen LogP contribution in [0.4, 0.5) is 17.5 Å². The number of nitro groups is 1. The van der Waals surface area contributed by atoms with Gasteiger partial charge in [-0.05, 0) is 49.8 Å². The number of hydrogen-bond acceptors (Lipinski definition) is 7. The monoisotopic (exact) mass is 482 g/mol. The Morgan fingerprint density at radius 1 is 1.15 bits per heavy atom. The topological polar surface area (TPSA) is 113 Å². The lowest BCUT2D eigenvalue weighted by Crippen LogP contribution is -2.38. The maximum atomic E-state index is 12.6. The van der Waals surface area contributed by atoms with Crippen LogP contribution in [0.25, 0.3) is 10.9 Å². The number of fused-ring (bicyclic) bond motifs is 1. The normalized spacial score (nSPS) is 17.9. The third-order valence-electron chi connectivity index (χ3n) is 6.15. The zero-order chi connectivity index (χ0) is 24.2. The third-order valence-corrected chi connectivity index (χ3v) is 6.46. The Hall–Kier alpha value is -3.46. The number of nitro benzene ring substituents is 1. The first-order valence-electron chi connectivity index (χ1n) is 11.2. The van der Waals surface area contributed by atoms with Crippen LogP contribution in [-0.4, -0.2) is 47.5 Å². The molecule has 2 N–H and O–H groups in total. The van der Waals surface area contributed by atoms with Crippen molar-refractivity contribution in [2.45, 2.75) is 31.7 Å². The average Bonchev–Trinajstić information content (AvgIpc) is 2.82. The first-order valence-corrected chi connectivity index (χ1v) is 11.6. The number of benzene rings is 2. The number of rotatable bonds is 7. The second kappa shape index (κ2) is 10.2. The number of hydrogen-bond donors (Lipinski definition) is 2. The number of aromatic nitrogens is 2. The maximum Gasteiger partial charge on any atom is 0.270 e. The van der Waals surface area contributed by atoms with Crippen LogP contribution < -0.4 is 15.5 Å². The lowest BCUT2D eigenvalue weighted by atomic mass is 9.86. The van der Waals surface area contributed by atoms with Crippen molar-refractivity contribution < 1.29 is 9.72 Å². The Labute approximate surface area is 202 Å². The molecule has 1 aromatic heterocycles. The summed E-state index contributed by atoms with van der Waals surface area (Å²) in [6.07, 6.45) is 3.62. The number of non-ortho nitro benzene ring substituents is 1. The second-order valence-electron chi connectivity index (χ2n) is 8.78. The Morgan fingerprint density at radius 2 is 1.88 bits per heavy atom. The van der Waals surface area contributed by atoms with Gasteiger partial charge in [0.15, 0.2) is 0 Å². The van der Waals surface area contributed by atoms with Crippen LogP contribution in [0.1, 0.15) is 36.0 Å². The van der Waals surface area contributed by atoms with Crippen molar-refractivity contribution in [3.8, 4) is 0 Å². The number of para-hydroxylation sites is 1. The fourth-order valence-electron chi connectivity index (χ4n) is 4.29. The van der Waals surface area contributed by atoms with Crippen molar-refractivity contribution in [2.75, 3.05) is 30.9 Å². The van der Waals surface area contributed by atoms with Crippen molar-refractivity contribution in [2.24, 2.45) is 5.92 Å². The minimum absolute atomic E-state index is 0.0484. The van der Waals surface area contributed by atoms with E-state index in [-0.39, 0.29) is 28.2 Å². The molecule has 0 aliphatic heterocycles. The van der Waals surface area contributed by atoms with Gasteiger partial charge in [-0.25, -0.2) is 4.98 Å². The number of amides is 1. The molecule has 1 aliphatic rings. The van der Waals surface area contributed by atoms with Crippen LogP contribution in [0.2, 0.25) is 5.02 Å². The average molecular weight is 483 g/mol. The molecule has 1 heterocycles. The molecule has 178 valence electrons. The minimum atomic E-state index is -0.535. The highest BCUT2D eigenvalue weighted by Gasteiger charge is 2.24. The van der Waals surface area contributed by atoms with E-state index in [2.05, 4.69) is 15.6 Å². The molecule has 1 saturated carbocycles. The summed E-state index contributed by atoms with van der Waals surface area (Å²) in [5.74, 6) is 1.64. The number of halogens is 1. The van der Waals surface area contributed by atoms with Crippen LogP contribution in [0, 0.1) is 16.0 Å². The molecule has 9 nitrogen and oxygen atoms in total. The summed E-state index contributed by atoms with van der Waals surface area (Å²) in [4.78, 5) is 34.3. The molecule has 0 radical (unpaired) electrons. The molecule has 4 rings (SSSR count). The van der Waals surface area contributed by atoms with Crippen LogP contribution in [0.15, 0.2) is 42.5 Å². The summed E-state index contributed by atoms with van der Waals surface area (Å²) >= 11 is 6.09. The molecule has 0 unspecified atom stereocenters. The van der Waals surface area contributed by atoms with Gasteiger partial charge in [0.2, 0.25) is 5.95 Å². The van der Waals surface area contributed by atoms with Gasteiger partial charge < -0.3 is 15.5 Å². The first-order chi connectivity index (χ1) is 16.3. The molecule has 1 aliphatic carbocycles. The molecule has 2 aromatic carbocycles. The van der Waals surface area contributed by atoms with Crippen molar-refractivity contribution >= 4 is 45.9 Å². The van der Waals surface area contributed by atoms with E-state index in [1.807, 2.05) is 43.3 Å². The van der Waals surface area contributed by atoms with E-state index < -0.39 is 4.92 Å². The smallest absolute Gasteiger partial charge is 0.270 e. The molecule has 1 fully saturated rings. The fourth-order valence-corrected chi connectivity index (χ4v) is 4.55. The van der Waals surface area contributed by atoms with E-state index in [1.165, 1.54) is 18.2 Å². The lowest BCUT2D eigenvalue weighted by molar-refractivity contribution is -0.384. The van der Waals surface area contributed by atoms with Crippen LogP contribution >= 0.6 is 11.6 Å². The minimum Gasteiger partial charge on any atom is -0.362 e. The SMILES string of the molecule is CN(C)c1nc(NCC2CCC(NC(=O)c3ccc([N+](=O)[O-])cc3Cl)CC2)nc2ccccc12. The van der Waals surface area contributed by atoms with Gasteiger partial charge in [0.1, 0.15) is 5.82 Å². The van der Waals surface area contributed by atoms with Gasteiger partial charge in [-0.3, -0.25) is 14.9 Å². The van der Waals surface area contributed by atoms with E-state index in [9.17, 15) is 14.9 Å². The van der Waals surface area contributed by atoms with Crippen LogP contribution in [0.5, 0.6) is 0 Å². The quantitative estimate of drug-likeness (QED) is 0.372. The fraction of sp³-hybridized carbons (Fsp3) is 0.375. The molecular formula is C24H27ClN6O3. The third kappa shape index (κ3) is 5.36. The second-order valence-corrected chi connectivity index (χ2v) is 9.18. The highest BCUT2D eigenvalue weighted by Crippen LogP contribution is 2.28. The zero-order valence-electron chi connectivity index (χ0n) is 19.1. The summed E-state index contributed by atoms with van der Waals surface area (Å²) in [5, 5.41) is 18.4. The van der Waals surface area contributed by atoms with Gasteiger partial charge in [-0.15, -0.1) is 0 Å². The number of carbonyl (C=O) groups excluding carboxylic acids is 1. The largest absolute Gasteiger partial charge is 0.362 e. The van der Waals surface area contributed by atoms with Crippen molar-refractivity contribution in [1.82, 2.24) is 15.3 Å². The molecule has 34 heavy (non-hydrogen) atoms. The van der Waals surface area contributed by atoms with Gasteiger partial charge in [-0.2, -0.15) is 4.98 Å². The maximum absolute atomic E-state index is 12.6. The van der Waals surface area contributed by atoms with Crippen molar-refractivity contribution in [3.05, 3.63) is 63.2 Å². The van der Waals surface area contributed by atoms with Crippen LogP contribution in [0.3, 0.4) is 0 Å². The lowest BCUT2D eigenvalue weighted by Gasteiger charge is -2.29. The van der Waals surface area contributed by atoms with E-state index >= 15 is 0 Å². The zero-order valence-corrected chi connectivity index (χ0v) is 19.9. The Bertz CT molecular complexity index is 1210. The molecule has 10 heteroatoms. The molecule has 0 atom stereocenters. The molecule has 0 bridgehead atoms. The van der Waals surface area contributed by atoms with Gasteiger partial charge >= 0.3 is 0 Å². The molecule has 0 saturated heterocycles. The molecule has 3 aromatic rings. The van der Waals surface area contributed by atoms with Crippen LogP contribution in [-0.2, 0) is 0 Å². The predicted molar refractivity (Wildman–Crippen MR) is 134 cm³/mol. The van der Waals surface area contributed by atoms with E-state index in [1.54, 1.807) is 0 Å². The number of carbonyl (C=O) groups is 1. The van der Waals surface area contributed by atoms with Crippen molar-refractivity contribution in [3.63, 3.8) is 0 Å². The van der Waals surface area contributed by atoms with E-state index in [0.29, 0.717) is 11.9 Å². The highest BCUT2D eigenvalue weighted by atomic mass is 35.5. The highest BCUT2D eigenvalue weighted by molar-refractivity contribution is 6.34. The Kier molecular flexibility index (Phi) is 7.12. The van der Waals surface area contributed by atoms with E-state index in [0.717, 1.165) is 48.9 Å². The van der Waals surface area contributed by atoms with Gasteiger partial charge in [0.05, 0.1) is 21.0 Å². The van der Waals surface area contributed by atoms with E-state index in [4.69, 9.17) is 16.6 Å². The summed E-state index contributed by atoms with van der Waals surface area (Å²) in [5.41, 5.74) is 1.02.